The largest absolute Gasteiger partial charge is 0.479 e. The minimum absolute atomic E-state index is 0.0431. The minimum Gasteiger partial charge on any atom is -0.479 e. The van der Waals surface area contributed by atoms with E-state index in [2.05, 4.69) is 15.9 Å². The molecule has 4 nitrogen and oxygen atoms in total. The van der Waals surface area contributed by atoms with E-state index in [0.29, 0.717) is 18.6 Å². The fourth-order valence-electron chi connectivity index (χ4n) is 1.72. The number of para-hydroxylation sites is 1. The smallest absolute Gasteiger partial charge is 0.344 e. The molecule has 0 fully saturated rings. The summed E-state index contributed by atoms with van der Waals surface area (Å²) in [6, 6.07) is 5.70. The summed E-state index contributed by atoms with van der Waals surface area (Å²) in [5.41, 5.74) is 6.89. The van der Waals surface area contributed by atoms with Gasteiger partial charge < -0.3 is 15.6 Å². The van der Waals surface area contributed by atoms with Crippen molar-refractivity contribution >= 4 is 21.9 Å². The lowest BCUT2D eigenvalue weighted by molar-refractivity contribution is -0.145. The molecule has 0 heterocycles. The Morgan fingerprint density at radius 3 is 2.63 bits per heavy atom. The average molecular weight is 330 g/mol. The van der Waals surface area contributed by atoms with E-state index in [1.165, 1.54) is 0 Å². The van der Waals surface area contributed by atoms with Gasteiger partial charge in [0.05, 0.1) is 4.47 Å². The first kappa shape index (κ1) is 16.0. The molecule has 0 aliphatic rings. The lowest BCUT2D eigenvalue weighted by Crippen LogP contribution is -2.27. The van der Waals surface area contributed by atoms with Crippen molar-refractivity contribution in [2.45, 2.75) is 45.3 Å². The summed E-state index contributed by atoms with van der Waals surface area (Å²) >= 11 is 3.41. The van der Waals surface area contributed by atoms with Gasteiger partial charge in [-0.25, -0.2) is 4.79 Å². The lowest BCUT2D eigenvalue weighted by atomic mass is 10.0. The molecule has 1 aromatic carbocycles. The zero-order chi connectivity index (χ0) is 14.4. The highest BCUT2D eigenvalue weighted by Gasteiger charge is 2.20. The summed E-state index contributed by atoms with van der Waals surface area (Å²) in [6.07, 6.45) is 1.11. The number of hydrogen-bond donors (Lipinski definition) is 2. The van der Waals surface area contributed by atoms with Gasteiger partial charge in [0, 0.05) is 6.04 Å². The SMILES string of the molecule is CCC(N)Cc1cccc(Br)c1OC(CC)C(=O)O. The van der Waals surface area contributed by atoms with Crippen LogP contribution in [0.2, 0.25) is 0 Å². The maximum Gasteiger partial charge on any atom is 0.344 e. The quantitative estimate of drug-likeness (QED) is 0.806. The first-order chi connectivity index (χ1) is 8.99. The molecule has 1 aromatic rings. The maximum atomic E-state index is 11.1. The molecule has 2 unspecified atom stereocenters. The molecular weight excluding hydrogens is 310 g/mol. The molecule has 19 heavy (non-hydrogen) atoms. The van der Waals surface area contributed by atoms with Gasteiger partial charge in [0.15, 0.2) is 6.10 Å². The first-order valence-electron chi connectivity index (χ1n) is 6.42. The van der Waals surface area contributed by atoms with E-state index in [1.54, 1.807) is 6.92 Å². The van der Waals surface area contributed by atoms with Crippen LogP contribution in [0.1, 0.15) is 32.3 Å². The van der Waals surface area contributed by atoms with E-state index in [9.17, 15) is 4.79 Å². The highest BCUT2D eigenvalue weighted by atomic mass is 79.9. The number of ether oxygens (including phenoxy) is 1. The van der Waals surface area contributed by atoms with Crippen LogP contribution >= 0.6 is 15.9 Å². The second kappa shape index (κ2) is 7.50. The molecule has 0 spiro atoms. The summed E-state index contributed by atoms with van der Waals surface area (Å²) in [6.45, 7) is 3.81. The molecule has 0 aliphatic carbocycles. The molecule has 3 N–H and O–H groups in total. The second-order valence-corrected chi connectivity index (χ2v) is 5.31. The van der Waals surface area contributed by atoms with Crippen molar-refractivity contribution in [1.82, 2.24) is 0 Å². The number of aliphatic carboxylic acids is 1. The number of rotatable bonds is 7. The number of halogens is 1. The molecule has 1 rings (SSSR count). The van der Waals surface area contributed by atoms with Crippen molar-refractivity contribution in [3.8, 4) is 5.75 Å². The van der Waals surface area contributed by atoms with Crippen LogP contribution in [0.3, 0.4) is 0 Å². The van der Waals surface area contributed by atoms with Gasteiger partial charge in [-0.15, -0.1) is 0 Å². The van der Waals surface area contributed by atoms with Crippen molar-refractivity contribution < 1.29 is 14.6 Å². The minimum atomic E-state index is -0.955. The molecule has 0 radical (unpaired) electrons. The van der Waals surface area contributed by atoms with Crippen LogP contribution in [-0.4, -0.2) is 23.2 Å². The standard InChI is InChI=1S/C14H20BrNO3/c1-3-10(16)8-9-6-5-7-11(15)13(9)19-12(4-2)14(17)18/h5-7,10,12H,3-4,8,16H2,1-2H3,(H,17,18). The summed E-state index contributed by atoms with van der Waals surface area (Å²) < 4.78 is 6.39. The van der Waals surface area contributed by atoms with E-state index < -0.39 is 12.1 Å². The molecule has 0 aliphatic heterocycles. The van der Waals surface area contributed by atoms with Gasteiger partial charge in [0.1, 0.15) is 5.75 Å². The van der Waals surface area contributed by atoms with Crippen LogP contribution in [0, 0.1) is 0 Å². The van der Waals surface area contributed by atoms with Gasteiger partial charge in [0.2, 0.25) is 0 Å². The molecule has 0 saturated heterocycles. The summed E-state index contributed by atoms with van der Waals surface area (Å²) in [7, 11) is 0. The van der Waals surface area contributed by atoms with Gasteiger partial charge in [-0.3, -0.25) is 0 Å². The molecule has 0 aromatic heterocycles. The Hall–Kier alpha value is -1.07. The van der Waals surface area contributed by atoms with Gasteiger partial charge >= 0.3 is 5.97 Å². The molecular formula is C14H20BrNO3. The fraction of sp³-hybridized carbons (Fsp3) is 0.500. The normalized spacial score (nSPS) is 13.9. The summed E-state index contributed by atoms with van der Waals surface area (Å²) in [5.74, 6) is -0.371. The number of carboxylic acids is 1. The van der Waals surface area contributed by atoms with Crippen molar-refractivity contribution in [1.29, 1.82) is 0 Å². The molecule has 0 bridgehead atoms. The molecule has 2 atom stereocenters. The Kier molecular flexibility index (Phi) is 6.31. The monoisotopic (exact) mass is 329 g/mol. The average Bonchev–Trinajstić information content (AvgIpc) is 2.37. The summed E-state index contributed by atoms with van der Waals surface area (Å²) in [4.78, 5) is 11.1. The highest BCUT2D eigenvalue weighted by Crippen LogP contribution is 2.31. The van der Waals surface area contributed by atoms with Gasteiger partial charge in [-0.1, -0.05) is 26.0 Å². The van der Waals surface area contributed by atoms with Crippen LogP contribution in [0.5, 0.6) is 5.75 Å². The number of carbonyl (C=O) groups is 1. The predicted molar refractivity (Wildman–Crippen MR) is 78.5 cm³/mol. The van der Waals surface area contributed by atoms with Crippen molar-refractivity contribution in [2.24, 2.45) is 5.73 Å². The van der Waals surface area contributed by atoms with Crippen molar-refractivity contribution in [3.63, 3.8) is 0 Å². The van der Waals surface area contributed by atoms with E-state index in [0.717, 1.165) is 16.5 Å². The van der Waals surface area contributed by atoms with Gasteiger partial charge in [-0.2, -0.15) is 0 Å². The zero-order valence-corrected chi connectivity index (χ0v) is 12.8. The molecule has 0 amide bonds. The van der Waals surface area contributed by atoms with Crippen LogP contribution in [-0.2, 0) is 11.2 Å². The third-order valence-electron chi connectivity index (χ3n) is 2.96. The number of hydrogen-bond acceptors (Lipinski definition) is 3. The lowest BCUT2D eigenvalue weighted by Gasteiger charge is -2.19. The van der Waals surface area contributed by atoms with Crippen LogP contribution in [0.15, 0.2) is 22.7 Å². The van der Waals surface area contributed by atoms with Crippen LogP contribution in [0.25, 0.3) is 0 Å². The highest BCUT2D eigenvalue weighted by molar-refractivity contribution is 9.10. The predicted octanol–water partition coefficient (Wildman–Crippen LogP) is 2.97. The summed E-state index contributed by atoms with van der Waals surface area (Å²) in [5, 5.41) is 9.08. The molecule has 106 valence electrons. The first-order valence-corrected chi connectivity index (χ1v) is 7.21. The van der Waals surface area contributed by atoms with E-state index >= 15 is 0 Å². The van der Waals surface area contributed by atoms with Crippen molar-refractivity contribution in [2.75, 3.05) is 0 Å². The Morgan fingerprint density at radius 1 is 1.42 bits per heavy atom. The number of benzene rings is 1. The number of carboxylic acid groups (broad SMARTS) is 1. The van der Waals surface area contributed by atoms with Gasteiger partial charge in [0.25, 0.3) is 0 Å². The van der Waals surface area contributed by atoms with E-state index in [-0.39, 0.29) is 6.04 Å². The Bertz CT molecular complexity index is 437. The van der Waals surface area contributed by atoms with E-state index in [4.69, 9.17) is 15.6 Å². The van der Waals surface area contributed by atoms with E-state index in [1.807, 2.05) is 25.1 Å². The Morgan fingerprint density at radius 2 is 2.11 bits per heavy atom. The van der Waals surface area contributed by atoms with Crippen molar-refractivity contribution in [3.05, 3.63) is 28.2 Å². The number of nitrogens with two attached hydrogens (primary N) is 1. The van der Waals surface area contributed by atoms with Gasteiger partial charge in [-0.05, 0) is 46.8 Å². The zero-order valence-electron chi connectivity index (χ0n) is 11.2. The van der Waals surface area contributed by atoms with Crippen LogP contribution in [0.4, 0.5) is 0 Å². The third kappa shape index (κ3) is 4.51. The Balaban J connectivity index is 3.00. The topological polar surface area (TPSA) is 72.5 Å². The molecule has 5 heteroatoms. The third-order valence-corrected chi connectivity index (χ3v) is 3.59. The molecule has 0 saturated carbocycles. The maximum absolute atomic E-state index is 11.1. The Labute approximate surface area is 122 Å². The van der Waals surface area contributed by atoms with Crippen LogP contribution < -0.4 is 10.5 Å². The fourth-order valence-corrected chi connectivity index (χ4v) is 2.22. The second-order valence-electron chi connectivity index (χ2n) is 4.45.